The summed E-state index contributed by atoms with van der Waals surface area (Å²) >= 11 is 0. The highest BCUT2D eigenvalue weighted by Crippen LogP contribution is 2.29. The lowest BCUT2D eigenvalue weighted by atomic mass is 10.2. The van der Waals surface area contributed by atoms with Gasteiger partial charge in [-0.2, -0.15) is 18.4 Å². The first-order chi connectivity index (χ1) is 12.8. The molecule has 1 amide bonds. The monoisotopic (exact) mass is 405 g/mol. The molecule has 0 aliphatic heterocycles. The maximum atomic E-state index is 13.7. The van der Waals surface area contributed by atoms with Gasteiger partial charge in [-0.15, -0.1) is 0 Å². The Morgan fingerprint density at radius 2 is 1.96 bits per heavy atom. The molecule has 28 heavy (non-hydrogen) atoms. The van der Waals surface area contributed by atoms with Crippen LogP contribution < -0.4 is 4.74 Å². The van der Waals surface area contributed by atoms with Gasteiger partial charge >= 0.3 is 12.3 Å². The van der Waals surface area contributed by atoms with E-state index < -0.39 is 47.7 Å². The van der Waals surface area contributed by atoms with Gasteiger partial charge in [-0.1, -0.05) is 6.92 Å². The Balaban J connectivity index is 2.97. The Kier molecular flexibility index (Phi) is 7.61. The average molecular weight is 405 g/mol. The molecule has 6 nitrogen and oxygen atoms in total. The standard InChI is InChI=1S/C18H23F4N3O3/c1-6-13-12(19)9-11(10-23)15(24-13)27-14(18(20,21)22)7-8-25(5)16(26)28-17(2,3)4/h9,14H,6-8H2,1-5H3/t14-/m1/s1. The van der Waals surface area contributed by atoms with Crippen LogP contribution in [0.4, 0.5) is 22.4 Å². The van der Waals surface area contributed by atoms with Crippen LogP contribution in [0.3, 0.4) is 0 Å². The highest BCUT2D eigenvalue weighted by Gasteiger charge is 2.42. The van der Waals surface area contributed by atoms with Crippen molar-refractivity contribution in [3.63, 3.8) is 0 Å². The molecule has 0 radical (unpaired) electrons. The van der Waals surface area contributed by atoms with Crippen molar-refractivity contribution < 1.29 is 31.8 Å². The van der Waals surface area contributed by atoms with Gasteiger partial charge in [-0.3, -0.25) is 0 Å². The molecular formula is C18H23F4N3O3. The number of amides is 1. The number of nitriles is 1. The predicted molar refractivity (Wildman–Crippen MR) is 92.2 cm³/mol. The minimum Gasteiger partial charge on any atom is -0.464 e. The van der Waals surface area contributed by atoms with E-state index in [0.717, 1.165) is 11.0 Å². The molecule has 0 N–H and O–H groups in total. The smallest absolute Gasteiger partial charge is 0.425 e. The summed E-state index contributed by atoms with van der Waals surface area (Å²) in [4.78, 5) is 16.6. The minimum absolute atomic E-state index is 0.110. The molecule has 0 aliphatic rings. The van der Waals surface area contributed by atoms with E-state index in [4.69, 9.17) is 14.7 Å². The van der Waals surface area contributed by atoms with Crippen molar-refractivity contribution in [2.45, 2.75) is 58.4 Å². The van der Waals surface area contributed by atoms with E-state index in [-0.39, 0.29) is 18.7 Å². The molecule has 1 aromatic heterocycles. The lowest BCUT2D eigenvalue weighted by molar-refractivity contribution is -0.198. The topological polar surface area (TPSA) is 75.4 Å². The van der Waals surface area contributed by atoms with Gasteiger partial charge in [-0.25, -0.2) is 14.2 Å². The van der Waals surface area contributed by atoms with Gasteiger partial charge < -0.3 is 14.4 Å². The number of carbonyl (C=O) groups is 1. The predicted octanol–water partition coefficient (Wildman–Crippen LogP) is 4.22. The number of hydrogen-bond acceptors (Lipinski definition) is 5. The van der Waals surface area contributed by atoms with Crippen LogP contribution >= 0.6 is 0 Å². The van der Waals surface area contributed by atoms with Crippen molar-refractivity contribution in [1.29, 1.82) is 5.26 Å². The molecule has 1 atom stereocenters. The van der Waals surface area contributed by atoms with Crippen LogP contribution in [0.15, 0.2) is 6.07 Å². The number of pyridine rings is 1. The Labute approximate surface area is 161 Å². The molecule has 156 valence electrons. The summed E-state index contributed by atoms with van der Waals surface area (Å²) < 4.78 is 63.9. The van der Waals surface area contributed by atoms with Crippen molar-refractivity contribution in [2.75, 3.05) is 13.6 Å². The molecule has 0 bridgehead atoms. The molecule has 1 aromatic rings. The van der Waals surface area contributed by atoms with E-state index in [1.54, 1.807) is 33.8 Å². The summed E-state index contributed by atoms with van der Waals surface area (Å²) in [5.41, 5.74) is -1.34. The SMILES string of the molecule is CCc1nc(O[C@H](CCN(C)C(=O)OC(C)(C)C)C(F)(F)F)c(C#N)cc1F. The van der Waals surface area contributed by atoms with Crippen molar-refractivity contribution in [1.82, 2.24) is 9.88 Å². The van der Waals surface area contributed by atoms with Crippen LogP contribution in [0.25, 0.3) is 0 Å². The normalized spacial score (nSPS) is 12.9. The Hall–Kier alpha value is -2.57. The number of halogens is 4. The van der Waals surface area contributed by atoms with E-state index in [9.17, 15) is 22.4 Å². The molecule has 1 heterocycles. The summed E-state index contributed by atoms with van der Waals surface area (Å²) in [7, 11) is 1.30. The summed E-state index contributed by atoms with van der Waals surface area (Å²) in [6, 6.07) is 2.37. The van der Waals surface area contributed by atoms with Gasteiger partial charge in [0.2, 0.25) is 5.88 Å². The maximum absolute atomic E-state index is 13.7. The molecular weight excluding hydrogens is 382 g/mol. The van der Waals surface area contributed by atoms with Gasteiger partial charge in [0.05, 0.1) is 5.69 Å². The molecule has 0 saturated carbocycles. The number of carbonyl (C=O) groups excluding carboxylic acids is 1. The van der Waals surface area contributed by atoms with E-state index in [1.165, 1.54) is 7.05 Å². The Morgan fingerprint density at radius 3 is 2.43 bits per heavy atom. The van der Waals surface area contributed by atoms with Gasteiger partial charge in [0.25, 0.3) is 0 Å². The number of aromatic nitrogens is 1. The number of rotatable bonds is 6. The van der Waals surface area contributed by atoms with Crippen molar-refractivity contribution in [2.24, 2.45) is 0 Å². The fourth-order valence-corrected chi connectivity index (χ4v) is 2.09. The van der Waals surface area contributed by atoms with E-state index >= 15 is 0 Å². The summed E-state index contributed by atoms with van der Waals surface area (Å²) in [5.74, 6) is -1.39. The van der Waals surface area contributed by atoms with Crippen LogP contribution in [0.2, 0.25) is 0 Å². The highest BCUT2D eigenvalue weighted by atomic mass is 19.4. The first kappa shape index (κ1) is 23.5. The lowest BCUT2D eigenvalue weighted by Crippen LogP contribution is -2.40. The van der Waals surface area contributed by atoms with E-state index in [0.29, 0.717) is 0 Å². The third-order valence-corrected chi connectivity index (χ3v) is 3.52. The fourth-order valence-electron chi connectivity index (χ4n) is 2.09. The van der Waals surface area contributed by atoms with Crippen LogP contribution in [-0.2, 0) is 11.2 Å². The van der Waals surface area contributed by atoms with Crippen molar-refractivity contribution >= 4 is 6.09 Å². The molecule has 0 aromatic carbocycles. The number of alkyl halides is 3. The van der Waals surface area contributed by atoms with Gasteiger partial charge in [0.1, 0.15) is 23.1 Å². The molecule has 1 rings (SSSR count). The number of aryl methyl sites for hydroxylation is 1. The second-order valence-corrected chi connectivity index (χ2v) is 7.07. The van der Waals surface area contributed by atoms with Crippen LogP contribution in [0.5, 0.6) is 5.88 Å². The molecule has 0 aliphatic carbocycles. The van der Waals surface area contributed by atoms with Gasteiger partial charge in [0, 0.05) is 20.0 Å². The second kappa shape index (κ2) is 9.08. The molecule has 0 fully saturated rings. The third-order valence-electron chi connectivity index (χ3n) is 3.52. The number of nitrogens with zero attached hydrogens (tertiary/aromatic N) is 3. The summed E-state index contributed by atoms with van der Waals surface area (Å²) in [5, 5.41) is 9.03. The first-order valence-corrected chi connectivity index (χ1v) is 8.55. The average Bonchev–Trinajstić information content (AvgIpc) is 2.56. The third kappa shape index (κ3) is 6.87. The number of ether oxygens (including phenoxy) is 2. The van der Waals surface area contributed by atoms with Gasteiger partial charge in [-0.05, 0) is 33.3 Å². The Bertz CT molecular complexity index is 739. The molecule has 0 spiro atoms. The highest BCUT2D eigenvalue weighted by molar-refractivity contribution is 5.67. The van der Waals surface area contributed by atoms with E-state index in [2.05, 4.69) is 4.98 Å². The zero-order valence-electron chi connectivity index (χ0n) is 16.4. The fraction of sp³-hybridized carbons (Fsp3) is 0.611. The first-order valence-electron chi connectivity index (χ1n) is 8.55. The van der Waals surface area contributed by atoms with E-state index in [1.807, 2.05) is 0 Å². The quantitative estimate of drug-likeness (QED) is 0.663. The molecule has 0 saturated heterocycles. The largest absolute Gasteiger partial charge is 0.464 e. The second-order valence-electron chi connectivity index (χ2n) is 7.07. The zero-order chi connectivity index (χ0) is 21.7. The summed E-state index contributed by atoms with van der Waals surface area (Å²) in [6.07, 6.45) is -8.41. The Morgan fingerprint density at radius 1 is 1.36 bits per heavy atom. The van der Waals surface area contributed by atoms with Crippen LogP contribution in [0.1, 0.15) is 45.4 Å². The summed E-state index contributed by atoms with van der Waals surface area (Å²) in [6.45, 7) is 6.15. The molecule has 10 heteroatoms. The number of hydrogen-bond donors (Lipinski definition) is 0. The maximum Gasteiger partial charge on any atom is 0.425 e. The van der Waals surface area contributed by atoms with Crippen molar-refractivity contribution in [3.8, 4) is 11.9 Å². The zero-order valence-corrected chi connectivity index (χ0v) is 16.4. The van der Waals surface area contributed by atoms with Crippen molar-refractivity contribution in [3.05, 3.63) is 23.1 Å². The molecule has 0 unspecified atom stereocenters. The van der Waals surface area contributed by atoms with Gasteiger partial charge in [0.15, 0.2) is 6.10 Å². The van der Waals surface area contributed by atoms with Crippen LogP contribution in [0, 0.1) is 17.1 Å². The lowest BCUT2D eigenvalue weighted by Gasteiger charge is -2.27. The van der Waals surface area contributed by atoms with Crippen LogP contribution in [-0.4, -0.2) is 47.5 Å². The minimum atomic E-state index is -4.79.